The maximum absolute atomic E-state index is 13.0. The summed E-state index contributed by atoms with van der Waals surface area (Å²) in [5.41, 5.74) is 5.26. The van der Waals surface area contributed by atoms with E-state index in [1.54, 1.807) is 0 Å². The molecule has 152 valence electrons. The quantitative estimate of drug-likeness (QED) is 0.668. The normalized spacial score (nSPS) is 13.4. The van der Waals surface area contributed by atoms with Gasteiger partial charge >= 0.3 is 12.3 Å². The Balaban J connectivity index is 1.49. The molecule has 0 atom stereocenters. The molecule has 2 amide bonds. The molecule has 0 fully saturated rings. The first kappa shape index (κ1) is 19.9. The van der Waals surface area contributed by atoms with Crippen molar-refractivity contribution in [3.63, 3.8) is 0 Å². The predicted molar refractivity (Wildman–Crippen MR) is 92.7 cm³/mol. The van der Waals surface area contributed by atoms with Gasteiger partial charge in [-0.15, -0.1) is 8.78 Å². The van der Waals surface area contributed by atoms with Crippen molar-refractivity contribution < 1.29 is 42.1 Å². The van der Waals surface area contributed by atoms with E-state index in [-0.39, 0.29) is 29.4 Å². The molecule has 2 aromatic carbocycles. The highest BCUT2D eigenvalue weighted by Gasteiger charge is 2.43. The lowest BCUT2D eigenvalue weighted by molar-refractivity contribution is -0.286. The van der Waals surface area contributed by atoms with Gasteiger partial charge in [0.05, 0.1) is 5.56 Å². The molecule has 0 saturated heterocycles. The number of nitrogens with two attached hydrogens (primary N) is 1. The maximum atomic E-state index is 13.0. The number of hydrogen-bond acceptors (Lipinski definition) is 7. The van der Waals surface area contributed by atoms with Gasteiger partial charge in [0.2, 0.25) is 0 Å². The van der Waals surface area contributed by atoms with Crippen molar-refractivity contribution >= 4 is 23.5 Å². The fraction of sp³-hybridized carbons (Fsp3) is 0.167. The number of nitrogens with one attached hydrogen (secondary N) is 1. The van der Waals surface area contributed by atoms with Crippen LogP contribution < -0.4 is 25.3 Å². The Bertz CT molecular complexity index is 948. The summed E-state index contributed by atoms with van der Waals surface area (Å²) in [5, 5.41) is 2.38. The number of amides is 2. The van der Waals surface area contributed by atoms with E-state index in [1.165, 1.54) is 36.4 Å². The molecule has 1 aliphatic rings. The lowest BCUT2D eigenvalue weighted by atomic mass is 10.2. The van der Waals surface area contributed by atoms with E-state index in [0.717, 1.165) is 6.07 Å². The Hall–Kier alpha value is -3.89. The van der Waals surface area contributed by atoms with Crippen LogP contribution in [0.2, 0.25) is 0 Å². The fourth-order valence-corrected chi connectivity index (χ4v) is 2.28. The zero-order valence-electron chi connectivity index (χ0n) is 14.6. The molecule has 2 aromatic rings. The van der Waals surface area contributed by atoms with Crippen molar-refractivity contribution in [1.82, 2.24) is 0 Å². The van der Waals surface area contributed by atoms with Gasteiger partial charge in [0.25, 0.3) is 11.8 Å². The van der Waals surface area contributed by atoms with Crippen LogP contribution in [-0.2, 0) is 14.3 Å². The van der Waals surface area contributed by atoms with E-state index in [9.17, 15) is 23.2 Å². The van der Waals surface area contributed by atoms with Crippen molar-refractivity contribution in [2.45, 2.75) is 6.29 Å². The van der Waals surface area contributed by atoms with Gasteiger partial charge in [-0.2, -0.15) is 0 Å². The summed E-state index contributed by atoms with van der Waals surface area (Å²) in [6.07, 6.45) is -3.76. The van der Waals surface area contributed by atoms with Crippen LogP contribution >= 0.6 is 0 Å². The van der Waals surface area contributed by atoms with Gasteiger partial charge in [0.1, 0.15) is 5.75 Å². The van der Waals surface area contributed by atoms with Crippen LogP contribution in [-0.4, -0.2) is 37.3 Å². The van der Waals surface area contributed by atoms with E-state index in [2.05, 4.69) is 14.8 Å². The fourth-order valence-electron chi connectivity index (χ4n) is 2.28. The number of fused-ring (bicyclic) bond motifs is 1. The van der Waals surface area contributed by atoms with Crippen LogP contribution in [0.5, 0.6) is 17.2 Å². The Kier molecular flexibility index (Phi) is 5.48. The number of rotatable bonds is 7. The van der Waals surface area contributed by atoms with Crippen molar-refractivity contribution in [1.29, 1.82) is 0 Å². The summed E-state index contributed by atoms with van der Waals surface area (Å²) < 4.78 is 44.4. The number of ether oxygens (including phenoxy) is 4. The second kappa shape index (κ2) is 8.00. The van der Waals surface area contributed by atoms with E-state index in [1.807, 2.05) is 0 Å². The van der Waals surface area contributed by atoms with Crippen LogP contribution in [0.3, 0.4) is 0 Å². The van der Waals surface area contributed by atoms with Crippen LogP contribution in [0.1, 0.15) is 10.4 Å². The largest absolute Gasteiger partial charge is 0.586 e. The number of hydrogen-bond donors (Lipinski definition) is 2. The highest BCUT2D eigenvalue weighted by atomic mass is 19.3. The van der Waals surface area contributed by atoms with Gasteiger partial charge in [0.15, 0.2) is 24.7 Å². The van der Waals surface area contributed by atoms with Crippen LogP contribution in [0.15, 0.2) is 42.5 Å². The van der Waals surface area contributed by atoms with Gasteiger partial charge < -0.3 is 30.0 Å². The lowest BCUT2D eigenvalue weighted by Gasteiger charge is -2.08. The van der Waals surface area contributed by atoms with Crippen LogP contribution in [0, 0.1) is 0 Å². The molecule has 29 heavy (non-hydrogen) atoms. The van der Waals surface area contributed by atoms with E-state index in [0.29, 0.717) is 5.75 Å². The predicted octanol–water partition coefficient (Wildman–Crippen LogP) is 1.67. The number of benzene rings is 2. The van der Waals surface area contributed by atoms with Crippen molar-refractivity contribution in [2.75, 3.05) is 18.5 Å². The SMILES string of the molecule is NC(=O)COc1ccc(C(=O)OCC(=O)Nc2ccc3c(c2)OC(F)(F)O3)cc1. The number of esters is 1. The number of primary amides is 1. The average Bonchev–Trinajstić information content (AvgIpc) is 2.98. The standard InChI is InChI=1S/C18H14F2N2O7/c19-18(20)28-13-6-3-11(7-14(13)29-18)22-16(24)9-27-17(25)10-1-4-12(5-2-10)26-8-15(21)23/h1-7H,8-9H2,(H2,21,23)(H,22,24). The number of anilines is 1. The number of carbonyl (C=O) groups excluding carboxylic acids is 3. The zero-order chi connectivity index (χ0) is 21.0. The second-order valence-corrected chi connectivity index (χ2v) is 5.73. The molecule has 0 spiro atoms. The Labute approximate surface area is 162 Å². The molecule has 0 bridgehead atoms. The Morgan fingerprint density at radius 2 is 1.69 bits per heavy atom. The maximum Gasteiger partial charge on any atom is 0.586 e. The molecule has 3 N–H and O–H groups in total. The van der Waals surface area contributed by atoms with E-state index < -0.39 is 30.7 Å². The van der Waals surface area contributed by atoms with Gasteiger partial charge in [-0.1, -0.05) is 0 Å². The molecule has 0 radical (unpaired) electrons. The average molecular weight is 408 g/mol. The molecular weight excluding hydrogens is 394 g/mol. The van der Waals surface area contributed by atoms with Crippen molar-refractivity contribution in [2.24, 2.45) is 5.73 Å². The third-order valence-electron chi connectivity index (χ3n) is 3.49. The third kappa shape index (κ3) is 5.31. The summed E-state index contributed by atoms with van der Waals surface area (Å²) in [6.45, 7) is -0.912. The minimum Gasteiger partial charge on any atom is -0.484 e. The molecule has 1 aliphatic heterocycles. The smallest absolute Gasteiger partial charge is 0.484 e. The van der Waals surface area contributed by atoms with Gasteiger partial charge in [-0.05, 0) is 36.4 Å². The van der Waals surface area contributed by atoms with Crippen LogP contribution in [0.25, 0.3) is 0 Å². The molecular formula is C18H14F2N2O7. The molecule has 1 heterocycles. The first-order valence-corrected chi connectivity index (χ1v) is 8.10. The summed E-state index contributed by atoms with van der Waals surface area (Å²) >= 11 is 0. The van der Waals surface area contributed by atoms with Gasteiger partial charge in [-0.3, -0.25) is 9.59 Å². The van der Waals surface area contributed by atoms with Crippen LogP contribution in [0.4, 0.5) is 14.5 Å². The highest BCUT2D eigenvalue weighted by molar-refractivity contribution is 5.95. The van der Waals surface area contributed by atoms with Gasteiger partial charge in [0, 0.05) is 11.8 Å². The molecule has 11 heteroatoms. The molecule has 0 unspecified atom stereocenters. The topological polar surface area (TPSA) is 126 Å². The summed E-state index contributed by atoms with van der Waals surface area (Å²) in [7, 11) is 0. The molecule has 0 saturated carbocycles. The monoisotopic (exact) mass is 408 g/mol. The zero-order valence-corrected chi connectivity index (χ0v) is 14.6. The number of alkyl halides is 2. The molecule has 9 nitrogen and oxygen atoms in total. The summed E-state index contributed by atoms with van der Waals surface area (Å²) in [5.74, 6) is -2.18. The second-order valence-electron chi connectivity index (χ2n) is 5.73. The summed E-state index contributed by atoms with van der Waals surface area (Å²) in [4.78, 5) is 34.5. The molecule has 3 rings (SSSR count). The van der Waals surface area contributed by atoms with Crippen molar-refractivity contribution in [3.05, 3.63) is 48.0 Å². The third-order valence-corrected chi connectivity index (χ3v) is 3.49. The van der Waals surface area contributed by atoms with E-state index >= 15 is 0 Å². The van der Waals surface area contributed by atoms with E-state index in [4.69, 9.17) is 15.2 Å². The lowest BCUT2D eigenvalue weighted by Crippen LogP contribution is -2.25. The molecule has 0 aromatic heterocycles. The minimum absolute atomic E-state index is 0.148. The number of carbonyl (C=O) groups is 3. The molecule has 0 aliphatic carbocycles. The van der Waals surface area contributed by atoms with Crippen molar-refractivity contribution in [3.8, 4) is 17.2 Å². The first-order chi connectivity index (χ1) is 13.7. The van der Waals surface area contributed by atoms with Gasteiger partial charge in [-0.25, -0.2) is 4.79 Å². The highest BCUT2D eigenvalue weighted by Crippen LogP contribution is 2.42. The summed E-state index contributed by atoms with van der Waals surface area (Å²) in [6, 6.07) is 9.32. The minimum atomic E-state index is -3.76. The Morgan fingerprint density at radius 3 is 2.38 bits per heavy atom. The number of halogens is 2. The Morgan fingerprint density at radius 1 is 1.00 bits per heavy atom. The first-order valence-electron chi connectivity index (χ1n) is 8.10.